The summed E-state index contributed by atoms with van der Waals surface area (Å²) in [5.74, 6) is -0.750. The molecule has 0 aromatic heterocycles. The highest BCUT2D eigenvalue weighted by molar-refractivity contribution is 7.92. The summed E-state index contributed by atoms with van der Waals surface area (Å²) >= 11 is 0. The Balaban J connectivity index is 1.71. The number of hydrogen-bond acceptors (Lipinski definition) is 5. The standard InChI is InChI=1S/C20H22F4N2O3S/c21-16-3-6-18(19(11-16)30(28,29)20(22,23)24)25-12-14-1-4-17(5-2-14)26-9-7-15(13-27)8-10-26/h1-6,11,15,25,27H,7-10,12-13H2. The van der Waals surface area contributed by atoms with Gasteiger partial charge in [0.1, 0.15) is 10.7 Å². The first-order valence-electron chi connectivity index (χ1n) is 9.41. The lowest BCUT2D eigenvalue weighted by Gasteiger charge is -2.33. The Kier molecular flexibility index (Phi) is 6.56. The molecule has 0 spiro atoms. The molecule has 1 aliphatic rings. The maximum Gasteiger partial charge on any atom is 0.501 e. The molecule has 1 saturated heterocycles. The molecule has 10 heteroatoms. The van der Waals surface area contributed by atoms with Gasteiger partial charge in [-0.25, -0.2) is 12.8 Å². The van der Waals surface area contributed by atoms with Crippen LogP contribution in [0.5, 0.6) is 0 Å². The topological polar surface area (TPSA) is 69.6 Å². The third-order valence-corrected chi connectivity index (χ3v) is 6.72. The Morgan fingerprint density at radius 1 is 1.07 bits per heavy atom. The smallest absolute Gasteiger partial charge is 0.396 e. The summed E-state index contributed by atoms with van der Waals surface area (Å²) in [6.07, 6.45) is 1.81. The third-order valence-electron chi connectivity index (χ3n) is 5.20. The summed E-state index contributed by atoms with van der Waals surface area (Å²) in [5.41, 5.74) is -4.12. The fourth-order valence-corrected chi connectivity index (χ4v) is 4.33. The Labute approximate surface area is 172 Å². The number of anilines is 2. The van der Waals surface area contributed by atoms with Crippen molar-refractivity contribution in [3.63, 3.8) is 0 Å². The second-order valence-electron chi connectivity index (χ2n) is 7.22. The van der Waals surface area contributed by atoms with Gasteiger partial charge < -0.3 is 15.3 Å². The van der Waals surface area contributed by atoms with Crippen LogP contribution in [0.2, 0.25) is 0 Å². The molecule has 1 heterocycles. The maximum absolute atomic E-state index is 13.4. The van der Waals surface area contributed by atoms with E-state index in [9.17, 15) is 31.1 Å². The Morgan fingerprint density at radius 3 is 2.27 bits per heavy atom. The average Bonchev–Trinajstić information content (AvgIpc) is 2.72. The van der Waals surface area contributed by atoms with Gasteiger partial charge in [-0.05, 0) is 54.7 Å². The molecule has 30 heavy (non-hydrogen) atoms. The zero-order valence-electron chi connectivity index (χ0n) is 16.0. The van der Waals surface area contributed by atoms with Crippen molar-refractivity contribution in [3.8, 4) is 0 Å². The largest absolute Gasteiger partial charge is 0.501 e. The Hall–Kier alpha value is -2.33. The molecule has 0 unspecified atom stereocenters. The highest BCUT2D eigenvalue weighted by Gasteiger charge is 2.48. The van der Waals surface area contributed by atoms with Crippen molar-refractivity contribution in [1.82, 2.24) is 0 Å². The number of alkyl halides is 3. The van der Waals surface area contributed by atoms with Gasteiger partial charge in [0, 0.05) is 31.9 Å². The number of halogens is 4. The molecule has 164 valence electrons. The minimum Gasteiger partial charge on any atom is -0.396 e. The van der Waals surface area contributed by atoms with Crippen LogP contribution in [-0.4, -0.2) is 38.7 Å². The van der Waals surface area contributed by atoms with Crippen molar-refractivity contribution in [3.05, 3.63) is 53.8 Å². The van der Waals surface area contributed by atoms with Gasteiger partial charge >= 0.3 is 5.51 Å². The molecule has 2 aromatic rings. The van der Waals surface area contributed by atoms with Gasteiger partial charge in [-0.2, -0.15) is 13.2 Å². The van der Waals surface area contributed by atoms with Crippen LogP contribution in [0.15, 0.2) is 47.4 Å². The second-order valence-corrected chi connectivity index (χ2v) is 9.13. The van der Waals surface area contributed by atoms with Crippen LogP contribution in [0.4, 0.5) is 28.9 Å². The summed E-state index contributed by atoms with van der Waals surface area (Å²) in [7, 11) is -5.69. The van der Waals surface area contributed by atoms with E-state index in [1.165, 1.54) is 0 Å². The number of benzene rings is 2. The molecule has 0 amide bonds. The van der Waals surface area contributed by atoms with Crippen LogP contribution in [0, 0.1) is 11.7 Å². The van der Waals surface area contributed by atoms with Crippen LogP contribution < -0.4 is 10.2 Å². The monoisotopic (exact) mass is 446 g/mol. The molecular weight excluding hydrogens is 424 g/mol. The van der Waals surface area contributed by atoms with Gasteiger partial charge in [0.15, 0.2) is 0 Å². The lowest BCUT2D eigenvalue weighted by Crippen LogP contribution is -2.34. The summed E-state index contributed by atoms with van der Waals surface area (Å²) < 4.78 is 75.6. The van der Waals surface area contributed by atoms with Gasteiger partial charge in [0.25, 0.3) is 9.84 Å². The minimum atomic E-state index is -5.69. The molecule has 3 rings (SSSR count). The van der Waals surface area contributed by atoms with Crippen molar-refractivity contribution >= 4 is 21.2 Å². The molecule has 1 fully saturated rings. The predicted octanol–water partition coefficient (Wildman–Crippen LogP) is 3.94. The third kappa shape index (κ3) is 4.86. The molecule has 2 N–H and O–H groups in total. The molecule has 2 aromatic carbocycles. The van der Waals surface area contributed by atoms with Crippen LogP contribution in [0.1, 0.15) is 18.4 Å². The van der Waals surface area contributed by atoms with Gasteiger partial charge in [-0.1, -0.05) is 12.1 Å². The van der Waals surface area contributed by atoms with Gasteiger partial charge in [0.2, 0.25) is 0 Å². The van der Waals surface area contributed by atoms with Gasteiger partial charge in [-0.3, -0.25) is 0 Å². The van der Waals surface area contributed by atoms with Crippen molar-refractivity contribution in [2.45, 2.75) is 29.8 Å². The Bertz CT molecular complexity index is 971. The van der Waals surface area contributed by atoms with Crippen molar-refractivity contribution in [2.75, 3.05) is 29.9 Å². The average molecular weight is 446 g/mol. The number of sulfone groups is 1. The normalized spacial score (nSPS) is 16.0. The van der Waals surface area contributed by atoms with E-state index in [0.717, 1.165) is 49.3 Å². The number of hydrogen-bond donors (Lipinski definition) is 2. The zero-order valence-corrected chi connectivity index (χ0v) is 16.8. The first-order valence-corrected chi connectivity index (χ1v) is 10.9. The lowest BCUT2D eigenvalue weighted by molar-refractivity contribution is -0.0435. The van der Waals surface area contributed by atoms with Crippen molar-refractivity contribution < 1.29 is 31.1 Å². The summed E-state index contributed by atoms with van der Waals surface area (Å²) in [6.45, 7) is 1.92. The molecule has 0 bridgehead atoms. The second kappa shape index (κ2) is 8.81. The van der Waals surface area contributed by atoms with E-state index in [1.54, 1.807) is 12.1 Å². The number of aliphatic hydroxyl groups is 1. The molecule has 0 aliphatic carbocycles. The first-order chi connectivity index (χ1) is 14.1. The predicted molar refractivity (Wildman–Crippen MR) is 105 cm³/mol. The molecule has 0 radical (unpaired) electrons. The number of nitrogens with one attached hydrogen (secondary N) is 1. The molecule has 0 atom stereocenters. The van der Waals surface area contributed by atoms with E-state index in [4.69, 9.17) is 0 Å². The SMILES string of the molecule is O=S(=O)(c1cc(F)ccc1NCc1ccc(N2CCC(CO)CC2)cc1)C(F)(F)F. The molecule has 5 nitrogen and oxygen atoms in total. The van der Waals surface area contributed by atoms with Crippen LogP contribution >= 0.6 is 0 Å². The summed E-state index contributed by atoms with van der Waals surface area (Å²) in [6, 6.07) is 9.60. The van der Waals surface area contributed by atoms with E-state index in [2.05, 4.69) is 10.2 Å². The number of piperidine rings is 1. The van der Waals surface area contributed by atoms with Crippen LogP contribution in [0.25, 0.3) is 0 Å². The quantitative estimate of drug-likeness (QED) is 0.658. The number of aliphatic hydroxyl groups excluding tert-OH is 1. The van der Waals surface area contributed by atoms with E-state index < -0.39 is 26.1 Å². The van der Waals surface area contributed by atoms with E-state index in [0.29, 0.717) is 12.0 Å². The highest BCUT2D eigenvalue weighted by atomic mass is 32.2. The van der Waals surface area contributed by atoms with E-state index in [1.807, 2.05) is 12.1 Å². The zero-order chi connectivity index (χ0) is 21.9. The van der Waals surface area contributed by atoms with E-state index in [-0.39, 0.29) is 18.8 Å². The molecule has 0 saturated carbocycles. The lowest BCUT2D eigenvalue weighted by atomic mass is 9.97. The van der Waals surface area contributed by atoms with Crippen molar-refractivity contribution in [1.29, 1.82) is 0 Å². The first kappa shape index (κ1) is 22.4. The van der Waals surface area contributed by atoms with Crippen LogP contribution in [0.3, 0.4) is 0 Å². The summed E-state index contributed by atoms with van der Waals surface area (Å²) in [4.78, 5) is 1.05. The highest BCUT2D eigenvalue weighted by Crippen LogP contribution is 2.35. The number of rotatable bonds is 6. The van der Waals surface area contributed by atoms with Gasteiger partial charge in [-0.15, -0.1) is 0 Å². The Morgan fingerprint density at radius 2 is 1.70 bits per heavy atom. The van der Waals surface area contributed by atoms with Crippen LogP contribution in [-0.2, 0) is 16.4 Å². The minimum absolute atomic E-state index is 0.0683. The number of nitrogens with zero attached hydrogens (tertiary/aromatic N) is 1. The van der Waals surface area contributed by atoms with Gasteiger partial charge in [0.05, 0.1) is 5.69 Å². The fraction of sp³-hybridized carbons (Fsp3) is 0.400. The fourth-order valence-electron chi connectivity index (χ4n) is 3.38. The molecule has 1 aliphatic heterocycles. The van der Waals surface area contributed by atoms with Crippen molar-refractivity contribution in [2.24, 2.45) is 5.92 Å². The summed E-state index contributed by atoms with van der Waals surface area (Å²) in [5, 5.41) is 11.9. The van der Waals surface area contributed by atoms with E-state index >= 15 is 0 Å². The molecular formula is C20H22F4N2O3S. The maximum atomic E-state index is 13.4.